The molecule has 0 fully saturated rings. The Balaban J connectivity index is 1.86. The molecule has 1 unspecified atom stereocenters. The highest BCUT2D eigenvalue weighted by Gasteiger charge is 2.24. The van der Waals surface area contributed by atoms with Gasteiger partial charge in [0, 0.05) is 10.9 Å². The predicted octanol–water partition coefficient (Wildman–Crippen LogP) is 4.79. The van der Waals surface area contributed by atoms with E-state index in [1.54, 1.807) is 0 Å². The summed E-state index contributed by atoms with van der Waals surface area (Å²) < 4.78 is 5.65. The Hall–Kier alpha value is -1.16. The van der Waals surface area contributed by atoms with Crippen LogP contribution in [0.15, 0.2) is 29.3 Å². The molecule has 1 aliphatic rings. The van der Waals surface area contributed by atoms with E-state index in [4.69, 9.17) is 4.74 Å². The maximum absolute atomic E-state index is 5.65. The lowest BCUT2D eigenvalue weighted by atomic mass is 9.90. The number of thioether (sulfide) groups is 1. The Morgan fingerprint density at radius 1 is 1.29 bits per heavy atom. The molecule has 0 aliphatic carbocycles. The summed E-state index contributed by atoms with van der Waals surface area (Å²) in [6, 6.07) is 8.07. The molecule has 1 N–H and O–H groups in total. The fourth-order valence-electron chi connectivity index (χ4n) is 2.29. The number of anilines is 1. The summed E-state index contributed by atoms with van der Waals surface area (Å²) in [5.41, 5.74) is 1.42. The first-order chi connectivity index (χ1) is 9.82. The fraction of sp³-hybridized carbons (Fsp3) is 0.588. The third kappa shape index (κ3) is 5.62. The van der Waals surface area contributed by atoms with Gasteiger partial charge in [0.05, 0.1) is 12.6 Å². The van der Waals surface area contributed by atoms with Crippen LogP contribution >= 0.6 is 11.8 Å². The highest BCUT2D eigenvalue weighted by atomic mass is 32.2. The first kappa shape index (κ1) is 16.2. The van der Waals surface area contributed by atoms with Crippen molar-refractivity contribution in [3.05, 3.63) is 24.3 Å². The number of rotatable bonds is 4. The highest BCUT2D eigenvalue weighted by Crippen LogP contribution is 2.32. The van der Waals surface area contributed by atoms with Crippen LogP contribution in [0.3, 0.4) is 0 Å². The second-order valence-electron chi connectivity index (χ2n) is 6.97. The van der Waals surface area contributed by atoms with Crippen LogP contribution in [0.5, 0.6) is 5.75 Å². The molecule has 0 saturated carbocycles. The van der Waals surface area contributed by atoms with Gasteiger partial charge >= 0.3 is 0 Å². The van der Waals surface area contributed by atoms with Gasteiger partial charge in [0.1, 0.15) is 5.75 Å². The maximum Gasteiger partial charge on any atom is 0.161 e. The maximum atomic E-state index is 5.65. The molecule has 116 valence electrons. The molecule has 0 bridgehead atoms. The van der Waals surface area contributed by atoms with Gasteiger partial charge in [0.25, 0.3) is 0 Å². The summed E-state index contributed by atoms with van der Waals surface area (Å²) in [6.45, 7) is 11.8. The Morgan fingerprint density at radius 3 is 2.52 bits per heavy atom. The van der Waals surface area contributed by atoms with Crippen molar-refractivity contribution in [2.75, 3.05) is 11.9 Å². The largest absolute Gasteiger partial charge is 0.491 e. The third-order valence-corrected chi connectivity index (χ3v) is 4.14. The zero-order chi connectivity index (χ0) is 15.5. The van der Waals surface area contributed by atoms with Gasteiger partial charge in [-0.15, -0.1) is 0 Å². The van der Waals surface area contributed by atoms with Crippen molar-refractivity contribution in [2.45, 2.75) is 52.4 Å². The number of nitrogens with one attached hydrogen (secondary N) is 1. The van der Waals surface area contributed by atoms with E-state index in [9.17, 15) is 0 Å². The van der Waals surface area contributed by atoms with Crippen LogP contribution in [0.25, 0.3) is 0 Å². The number of nitrogens with zero attached hydrogens (tertiary/aromatic N) is 1. The van der Waals surface area contributed by atoms with Gasteiger partial charge in [-0.3, -0.25) is 4.99 Å². The quantitative estimate of drug-likeness (QED) is 0.868. The SMILES string of the molecule is CC(C)Oc1ccc(NC2=NCC(CC(C)(C)C)S2)cc1. The second-order valence-corrected chi connectivity index (χ2v) is 8.26. The first-order valence-corrected chi connectivity index (χ1v) is 8.45. The lowest BCUT2D eigenvalue weighted by molar-refractivity contribution is 0.242. The summed E-state index contributed by atoms with van der Waals surface area (Å²) in [4.78, 5) is 4.60. The van der Waals surface area contributed by atoms with Crippen molar-refractivity contribution < 1.29 is 4.74 Å². The average molecular weight is 306 g/mol. The Bertz CT molecular complexity index is 489. The van der Waals surface area contributed by atoms with Crippen molar-refractivity contribution in [3.8, 4) is 5.75 Å². The number of hydrogen-bond acceptors (Lipinski definition) is 4. The Morgan fingerprint density at radius 2 is 1.95 bits per heavy atom. The van der Waals surface area contributed by atoms with Crippen LogP contribution in [0, 0.1) is 5.41 Å². The summed E-state index contributed by atoms with van der Waals surface area (Å²) >= 11 is 1.85. The average Bonchev–Trinajstić information content (AvgIpc) is 2.76. The van der Waals surface area contributed by atoms with Gasteiger partial charge in [-0.2, -0.15) is 0 Å². The molecule has 3 nitrogen and oxygen atoms in total. The molecule has 21 heavy (non-hydrogen) atoms. The number of hydrogen-bond donors (Lipinski definition) is 1. The van der Waals surface area contributed by atoms with Crippen LogP contribution in [-0.4, -0.2) is 23.1 Å². The molecular weight excluding hydrogens is 280 g/mol. The third-order valence-electron chi connectivity index (χ3n) is 3.03. The minimum atomic E-state index is 0.205. The zero-order valence-corrected chi connectivity index (χ0v) is 14.5. The number of amidine groups is 1. The number of benzene rings is 1. The Kier molecular flexibility index (Phi) is 5.20. The molecule has 0 spiro atoms. The lowest BCUT2D eigenvalue weighted by Gasteiger charge is -2.21. The van der Waals surface area contributed by atoms with Gasteiger partial charge < -0.3 is 10.1 Å². The molecule has 0 radical (unpaired) electrons. The van der Waals surface area contributed by atoms with E-state index >= 15 is 0 Å². The predicted molar refractivity (Wildman–Crippen MR) is 93.6 cm³/mol. The van der Waals surface area contributed by atoms with Crippen LogP contribution in [0.4, 0.5) is 5.69 Å². The van der Waals surface area contributed by atoms with Crippen LogP contribution < -0.4 is 10.1 Å². The number of ether oxygens (including phenoxy) is 1. The van der Waals surface area contributed by atoms with E-state index in [0.717, 1.165) is 23.1 Å². The molecule has 1 atom stereocenters. The van der Waals surface area contributed by atoms with E-state index in [-0.39, 0.29) is 6.10 Å². The summed E-state index contributed by atoms with van der Waals surface area (Å²) in [5, 5.41) is 5.02. The van der Waals surface area contributed by atoms with Crippen LogP contribution in [0.1, 0.15) is 41.0 Å². The van der Waals surface area contributed by atoms with E-state index in [1.807, 2.05) is 49.9 Å². The molecular formula is C17H26N2OS. The van der Waals surface area contributed by atoms with Crippen molar-refractivity contribution in [2.24, 2.45) is 10.4 Å². The highest BCUT2D eigenvalue weighted by molar-refractivity contribution is 8.15. The van der Waals surface area contributed by atoms with Crippen molar-refractivity contribution >= 4 is 22.6 Å². The second kappa shape index (κ2) is 6.73. The van der Waals surface area contributed by atoms with Crippen molar-refractivity contribution in [3.63, 3.8) is 0 Å². The first-order valence-electron chi connectivity index (χ1n) is 7.57. The van der Waals surface area contributed by atoms with Crippen LogP contribution in [-0.2, 0) is 0 Å². The summed E-state index contributed by atoms with van der Waals surface area (Å²) in [6.07, 6.45) is 1.39. The molecule has 1 heterocycles. The molecule has 1 aromatic carbocycles. The minimum Gasteiger partial charge on any atom is -0.491 e. The smallest absolute Gasteiger partial charge is 0.161 e. The van der Waals surface area contributed by atoms with Crippen LogP contribution in [0.2, 0.25) is 0 Å². The lowest BCUT2D eigenvalue weighted by Crippen LogP contribution is -2.16. The molecule has 2 rings (SSSR count). The molecule has 1 aromatic rings. The molecule has 0 saturated heterocycles. The van der Waals surface area contributed by atoms with Crippen molar-refractivity contribution in [1.29, 1.82) is 0 Å². The molecule has 0 amide bonds. The van der Waals surface area contributed by atoms with Gasteiger partial charge in [0.15, 0.2) is 5.17 Å². The minimum absolute atomic E-state index is 0.205. The van der Waals surface area contributed by atoms with Gasteiger partial charge in [-0.25, -0.2) is 0 Å². The Labute approximate surface area is 132 Å². The van der Waals surface area contributed by atoms with E-state index in [1.165, 1.54) is 6.42 Å². The molecule has 0 aromatic heterocycles. The standard InChI is InChI=1S/C17H26N2OS/c1-12(2)20-14-8-6-13(7-9-14)19-16-18-11-15(21-16)10-17(3,4)5/h6-9,12,15H,10-11H2,1-5H3,(H,18,19). The van der Waals surface area contributed by atoms with E-state index < -0.39 is 0 Å². The number of aliphatic imine (C=N–C) groups is 1. The fourth-order valence-corrected chi connectivity index (χ4v) is 3.66. The summed E-state index contributed by atoms with van der Waals surface area (Å²) in [7, 11) is 0. The normalized spacial score (nSPS) is 18.8. The van der Waals surface area contributed by atoms with Gasteiger partial charge in [-0.1, -0.05) is 32.5 Å². The van der Waals surface area contributed by atoms with Gasteiger partial charge in [-0.05, 0) is 49.9 Å². The zero-order valence-electron chi connectivity index (χ0n) is 13.6. The van der Waals surface area contributed by atoms with E-state index in [2.05, 4.69) is 31.1 Å². The monoisotopic (exact) mass is 306 g/mol. The van der Waals surface area contributed by atoms with Crippen molar-refractivity contribution in [1.82, 2.24) is 0 Å². The summed E-state index contributed by atoms with van der Waals surface area (Å²) in [5.74, 6) is 0.905. The molecule has 1 aliphatic heterocycles. The van der Waals surface area contributed by atoms with E-state index in [0.29, 0.717) is 10.7 Å². The van der Waals surface area contributed by atoms with Gasteiger partial charge in [0.2, 0.25) is 0 Å². The molecule has 4 heteroatoms. The topological polar surface area (TPSA) is 33.6 Å².